The fourth-order valence-electron chi connectivity index (χ4n) is 3.26. The van der Waals surface area contributed by atoms with Crippen molar-refractivity contribution in [1.82, 2.24) is 14.9 Å². The van der Waals surface area contributed by atoms with E-state index in [2.05, 4.69) is 9.88 Å². The lowest BCUT2D eigenvalue weighted by atomic mass is 10.1. The molecule has 0 aliphatic carbocycles. The average molecular weight is 364 g/mol. The van der Waals surface area contributed by atoms with Crippen LogP contribution in [-0.2, 0) is 19.5 Å². The van der Waals surface area contributed by atoms with E-state index in [4.69, 9.17) is 10.7 Å². The molecule has 0 atom stereocenters. The topological polar surface area (TPSA) is 116 Å². The van der Waals surface area contributed by atoms with Crippen LogP contribution in [0.1, 0.15) is 16.8 Å². The Morgan fingerprint density at radius 1 is 1.00 bits per heavy atom. The van der Waals surface area contributed by atoms with Crippen molar-refractivity contribution in [2.24, 2.45) is 0 Å². The molecular formula is C20H20N4O3. The standard InChI is InChI=1S/C20H20N4O3/c21-15-3-1-12(2-4-15)20-22-9-14-11-24(6-5-16(14)23-20)10-13-7-18(26)19(27)8-17(13)25/h1-4,7-9,25-27H,5-6,10-11,21H2. The minimum absolute atomic E-state index is 0.0361. The van der Waals surface area contributed by atoms with Crippen molar-refractivity contribution < 1.29 is 15.3 Å². The lowest BCUT2D eigenvalue weighted by molar-refractivity contribution is 0.239. The Kier molecular flexibility index (Phi) is 4.29. The van der Waals surface area contributed by atoms with E-state index in [1.807, 2.05) is 30.5 Å². The van der Waals surface area contributed by atoms with E-state index in [9.17, 15) is 15.3 Å². The lowest BCUT2D eigenvalue weighted by Gasteiger charge is -2.28. The molecule has 1 aromatic heterocycles. The molecule has 0 bridgehead atoms. The molecule has 0 radical (unpaired) electrons. The Hall–Kier alpha value is -3.32. The Bertz CT molecular complexity index is 989. The number of fused-ring (bicyclic) bond motifs is 1. The van der Waals surface area contributed by atoms with Crippen molar-refractivity contribution in [2.45, 2.75) is 19.5 Å². The first-order valence-corrected chi connectivity index (χ1v) is 8.66. The summed E-state index contributed by atoms with van der Waals surface area (Å²) in [5.41, 5.74) is 9.99. The van der Waals surface area contributed by atoms with Gasteiger partial charge < -0.3 is 21.1 Å². The zero-order chi connectivity index (χ0) is 19.0. The van der Waals surface area contributed by atoms with Crippen LogP contribution in [0.4, 0.5) is 5.69 Å². The molecule has 7 nitrogen and oxygen atoms in total. The average Bonchev–Trinajstić information content (AvgIpc) is 2.66. The summed E-state index contributed by atoms with van der Waals surface area (Å²) in [6.07, 6.45) is 2.61. The van der Waals surface area contributed by atoms with Gasteiger partial charge in [0.15, 0.2) is 17.3 Å². The summed E-state index contributed by atoms with van der Waals surface area (Å²) in [5, 5.41) is 29.1. The SMILES string of the molecule is Nc1ccc(-c2ncc3c(n2)CCN(Cc2cc(O)c(O)cc2O)C3)cc1. The lowest BCUT2D eigenvalue weighted by Crippen LogP contribution is -2.31. The molecule has 138 valence electrons. The molecular weight excluding hydrogens is 344 g/mol. The molecule has 7 heteroatoms. The molecule has 2 aromatic carbocycles. The number of nitrogens with zero attached hydrogens (tertiary/aromatic N) is 3. The predicted molar refractivity (Wildman–Crippen MR) is 101 cm³/mol. The number of nitrogen functional groups attached to an aromatic ring is 1. The fraction of sp³-hybridized carbons (Fsp3) is 0.200. The Morgan fingerprint density at radius 3 is 2.52 bits per heavy atom. The van der Waals surface area contributed by atoms with Crippen LogP contribution in [0.2, 0.25) is 0 Å². The normalized spacial score (nSPS) is 14.1. The van der Waals surface area contributed by atoms with E-state index >= 15 is 0 Å². The van der Waals surface area contributed by atoms with Gasteiger partial charge in [-0.1, -0.05) is 0 Å². The van der Waals surface area contributed by atoms with E-state index in [-0.39, 0.29) is 17.2 Å². The number of phenols is 3. The molecule has 27 heavy (non-hydrogen) atoms. The molecule has 5 N–H and O–H groups in total. The van der Waals surface area contributed by atoms with E-state index in [0.29, 0.717) is 30.2 Å². The molecule has 0 spiro atoms. The Morgan fingerprint density at radius 2 is 1.74 bits per heavy atom. The molecule has 0 unspecified atom stereocenters. The number of phenolic OH excluding ortho intramolecular Hbond substituents is 3. The molecule has 0 saturated heterocycles. The molecule has 3 aromatic rings. The second-order valence-electron chi connectivity index (χ2n) is 6.72. The van der Waals surface area contributed by atoms with Crippen molar-refractivity contribution in [1.29, 1.82) is 0 Å². The van der Waals surface area contributed by atoms with Gasteiger partial charge in [-0.3, -0.25) is 4.90 Å². The molecule has 1 aliphatic heterocycles. The molecule has 1 aliphatic rings. The van der Waals surface area contributed by atoms with Crippen LogP contribution in [0.15, 0.2) is 42.6 Å². The van der Waals surface area contributed by atoms with Crippen molar-refractivity contribution >= 4 is 5.69 Å². The van der Waals surface area contributed by atoms with Crippen LogP contribution in [0.5, 0.6) is 17.2 Å². The van der Waals surface area contributed by atoms with E-state index in [0.717, 1.165) is 35.9 Å². The van der Waals surface area contributed by atoms with Crippen LogP contribution in [0, 0.1) is 0 Å². The number of anilines is 1. The van der Waals surface area contributed by atoms with Gasteiger partial charge in [0.05, 0.1) is 5.69 Å². The highest BCUT2D eigenvalue weighted by Crippen LogP contribution is 2.33. The maximum Gasteiger partial charge on any atom is 0.161 e. The number of hydrogen-bond donors (Lipinski definition) is 4. The number of aromatic nitrogens is 2. The zero-order valence-electron chi connectivity index (χ0n) is 14.6. The summed E-state index contributed by atoms with van der Waals surface area (Å²) in [6.45, 7) is 1.88. The Balaban J connectivity index is 1.52. The van der Waals surface area contributed by atoms with Gasteiger partial charge in [0.25, 0.3) is 0 Å². The van der Waals surface area contributed by atoms with Gasteiger partial charge in [0, 0.05) is 60.7 Å². The first kappa shape index (κ1) is 17.1. The van der Waals surface area contributed by atoms with Gasteiger partial charge in [-0.05, 0) is 30.3 Å². The van der Waals surface area contributed by atoms with E-state index < -0.39 is 0 Å². The fourth-order valence-corrected chi connectivity index (χ4v) is 3.26. The summed E-state index contributed by atoms with van der Waals surface area (Å²) in [4.78, 5) is 11.3. The van der Waals surface area contributed by atoms with Gasteiger partial charge in [-0.15, -0.1) is 0 Å². The zero-order valence-corrected chi connectivity index (χ0v) is 14.6. The van der Waals surface area contributed by atoms with Crippen LogP contribution in [0.3, 0.4) is 0 Å². The Labute approximate surface area is 156 Å². The van der Waals surface area contributed by atoms with Crippen molar-refractivity contribution in [3.63, 3.8) is 0 Å². The highest BCUT2D eigenvalue weighted by Gasteiger charge is 2.20. The number of benzene rings is 2. The predicted octanol–water partition coefficient (Wildman–Crippen LogP) is 2.40. The molecule has 0 amide bonds. The summed E-state index contributed by atoms with van der Waals surface area (Å²) < 4.78 is 0. The van der Waals surface area contributed by atoms with Gasteiger partial charge in [0.1, 0.15) is 5.75 Å². The third kappa shape index (κ3) is 3.50. The van der Waals surface area contributed by atoms with E-state index in [1.165, 1.54) is 6.07 Å². The third-order valence-electron chi connectivity index (χ3n) is 4.75. The summed E-state index contributed by atoms with van der Waals surface area (Å²) in [5.74, 6) is 0.0786. The van der Waals surface area contributed by atoms with Gasteiger partial charge in [0.2, 0.25) is 0 Å². The van der Waals surface area contributed by atoms with Crippen LogP contribution < -0.4 is 5.73 Å². The van der Waals surface area contributed by atoms with Crippen molar-refractivity contribution in [2.75, 3.05) is 12.3 Å². The van der Waals surface area contributed by atoms with E-state index in [1.54, 1.807) is 0 Å². The van der Waals surface area contributed by atoms with Crippen molar-refractivity contribution in [3.05, 3.63) is 59.4 Å². The largest absolute Gasteiger partial charge is 0.507 e. The first-order valence-electron chi connectivity index (χ1n) is 8.66. The maximum absolute atomic E-state index is 9.99. The number of hydrogen-bond acceptors (Lipinski definition) is 7. The van der Waals surface area contributed by atoms with Crippen molar-refractivity contribution in [3.8, 4) is 28.6 Å². The second kappa shape index (κ2) is 6.77. The highest BCUT2D eigenvalue weighted by molar-refractivity contribution is 5.58. The van der Waals surface area contributed by atoms with Gasteiger partial charge in [-0.2, -0.15) is 0 Å². The monoisotopic (exact) mass is 364 g/mol. The summed E-state index contributed by atoms with van der Waals surface area (Å²) in [7, 11) is 0. The van der Waals surface area contributed by atoms with Crippen LogP contribution in [-0.4, -0.2) is 36.7 Å². The quantitative estimate of drug-likeness (QED) is 0.320. The number of nitrogens with two attached hydrogens (primary N) is 1. The third-order valence-corrected chi connectivity index (χ3v) is 4.75. The number of aromatic hydroxyl groups is 3. The van der Waals surface area contributed by atoms with Gasteiger partial charge >= 0.3 is 0 Å². The minimum atomic E-state index is -0.330. The molecule has 2 heterocycles. The van der Waals surface area contributed by atoms with Gasteiger partial charge in [-0.25, -0.2) is 9.97 Å². The maximum atomic E-state index is 9.99. The van der Waals surface area contributed by atoms with Crippen LogP contribution >= 0.6 is 0 Å². The smallest absolute Gasteiger partial charge is 0.161 e. The summed E-state index contributed by atoms with van der Waals surface area (Å²) in [6, 6.07) is 10.0. The second-order valence-corrected chi connectivity index (χ2v) is 6.72. The molecule has 0 fully saturated rings. The number of rotatable bonds is 3. The summed E-state index contributed by atoms with van der Waals surface area (Å²) >= 11 is 0. The highest BCUT2D eigenvalue weighted by atomic mass is 16.3. The van der Waals surface area contributed by atoms with Crippen LogP contribution in [0.25, 0.3) is 11.4 Å². The molecule has 0 saturated carbocycles. The first-order chi connectivity index (χ1) is 13.0. The minimum Gasteiger partial charge on any atom is -0.507 e. The molecule has 4 rings (SSSR count).